The second kappa shape index (κ2) is 10.8. The third-order valence-electron chi connectivity index (χ3n) is 4.47. The normalized spacial score (nSPS) is 15.0. The van der Waals surface area contributed by atoms with Crippen LogP contribution in [0.15, 0.2) is 34.0 Å². The van der Waals surface area contributed by atoms with Gasteiger partial charge in [-0.25, -0.2) is 4.98 Å². The average molecular weight is 406 g/mol. The van der Waals surface area contributed by atoms with E-state index in [4.69, 9.17) is 4.74 Å². The Morgan fingerprint density at radius 2 is 2.04 bits per heavy atom. The third-order valence-corrected chi connectivity index (χ3v) is 6.68. The highest BCUT2D eigenvalue weighted by atomic mass is 32.2. The molecule has 0 saturated carbocycles. The largest absolute Gasteiger partial charge is 0.379 e. The van der Waals surface area contributed by atoms with Gasteiger partial charge < -0.3 is 10.1 Å². The minimum Gasteiger partial charge on any atom is -0.379 e. The number of aryl methyl sites for hydroxylation is 1. The summed E-state index contributed by atoms with van der Waals surface area (Å²) in [5, 5.41) is 5.09. The smallest absolute Gasteiger partial charge is 0.251 e. The lowest BCUT2D eigenvalue weighted by atomic mass is 10.1. The lowest BCUT2D eigenvalue weighted by Crippen LogP contribution is -2.37. The molecule has 1 aromatic heterocycles. The molecule has 2 heterocycles. The maximum Gasteiger partial charge on any atom is 0.251 e. The molecule has 5 nitrogen and oxygen atoms in total. The molecule has 1 saturated heterocycles. The highest BCUT2D eigenvalue weighted by molar-refractivity contribution is 8.00. The molecule has 1 fully saturated rings. The van der Waals surface area contributed by atoms with Crippen LogP contribution < -0.4 is 5.32 Å². The van der Waals surface area contributed by atoms with Gasteiger partial charge in [-0.2, -0.15) is 0 Å². The van der Waals surface area contributed by atoms with Gasteiger partial charge in [0.05, 0.1) is 13.2 Å². The van der Waals surface area contributed by atoms with Crippen LogP contribution >= 0.6 is 23.1 Å². The van der Waals surface area contributed by atoms with Gasteiger partial charge in [-0.3, -0.25) is 9.69 Å². The molecule has 1 aliphatic rings. The predicted molar refractivity (Wildman–Crippen MR) is 112 cm³/mol. The highest BCUT2D eigenvalue weighted by Gasteiger charge is 2.10. The first-order valence-corrected chi connectivity index (χ1v) is 11.3. The zero-order chi connectivity index (χ0) is 18.9. The van der Waals surface area contributed by atoms with Gasteiger partial charge in [0.1, 0.15) is 4.34 Å². The second-order valence-electron chi connectivity index (χ2n) is 6.66. The molecule has 146 valence electrons. The van der Waals surface area contributed by atoms with Crippen LogP contribution in [0, 0.1) is 6.92 Å². The fourth-order valence-corrected chi connectivity index (χ4v) is 4.69. The first kappa shape index (κ1) is 20.3. The van der Waals surface area contributed by atoms with Crippen molar-refractivity contribution in [1.82, 2.24) is 15.2 Å². The number of unbranched alkanes of at least 4 members (excludes halogenated alkanes) is 1. The van der Waals surface area contributed by atoms with Crippen LogP contribution in [0.2, 0.25) is 0 Å². The Hall–Kier alpha value is -1.41. The average Bonchev–Trinajstić information content (AvgIpc) is 3.12. The van der Waals surface area contributed by atoms with Gasteiger partial charge in [0.15, 0.2) is 0 Å². The number of nitrogens with zero attached hydrogens (tertiary/aromatic N) is 2. The molecule has 0 bridgehead atoms. The number of hydrogen-bond donors (Lipinski definition) is 1. The van der Waals surface area contributed by atoms with Crippen molar-refractivity contribution < 1.29 is 9.53 Å². The van der Waals surface area contributed by atoms with Crippen molar-refractivity contribution in [3.8, 4) is 0 Å². The van der Waals surface area contributed by atoms with Gasteiger partial charge in [-0.05, 0) is 44.0 Å². The standard InChI is InChI=1S/C20H27N3O2S2/c1-16-14-26-20(22-16)27-15-17-4-6-18(7-5-17)19(24)21-8-2-3-9-23-10-12-25-13-11-23/h4-7,14H,2-3,8-13,15H2,1H3,(H,21,24). The topological polar surface area (TPSA) is 54.5 Å². The van der Waals surface area contributed by atoms with E-state index in [1.165, 1.54) is 5.56 Å². The molecule has 0 aliphatic carbocycles. The number of thioether (sulfide) groups is 1. The minimum absolute atomic E-state index is 0.0103. The van der Waals surface area contributed by atoms with Gasteiger partial charge in [-0.15, -0.1) is 11.3 Å². The lowest BCUT2D eigenvalue weighted by Gasteiger charge is -2.26. The van der Waals surface area contributed by atoms with Gasteiger partial charge in [0.2, 0.25) is 0 Å². The van der Waals surface area contributed by atoms with Crippen LogP contribution in [0.25, 0.3) is 0 Å². The second-order valence-corrected chi connectivity index (χ2v) is 8.74. The summed E-state index contributed by atoms with van der Waals surface area (Å²) in [6.45, 7) is 7.56. The number of hydrogen-bond acceptors (Lipinski definition) is 6. The molecule has 0 spiro atoms. The Kier molecular flexibility index (Phi) is 8.13. The van der Waals surface area contributed by atoms with E-state index in [0.29, 0.717) is 0 Å². The van der Waals surface area contributed by atoms with Crippen LogP contribution in [0.4, 0.5) is 0 Å². The fourth-order valence-electron chi connectivity index (χ4n) is 2.89. The first-order valence-electron chi connectivity index (χ1n) is 9.43. The summed E-state index contributed by atoms with van der Waals surface area (Å²) in [5.74, 6) is 0.882. The highest BCUT2D eigenvalue weighted by Crippen LogP contribution is 2.26. The summed E-state index contributed by atoms with van der Waals surface area (Å²) in [6, 6.07) is 7.87. The van der Waals surface area contributed by atoms with E-state index in [1.54, 1.807) is 23.1 Å². The number of benzene rings is 1. The monoisotopic (exact) mass is 405 g/mol. The molecular formula is C20H27N3O2S2. The molecule has 1 N–H and O–H groups in total. The Labute approximate surface area is 169 Å². The van der Waals surface area contributed by atoms with Crippen LogP contribution in [-0.2, 0) is 10.5 Å². The Morgan fingerprint density at radius 3 is 2.74 bits per heavy atom. The SMILES string of the molecule is Cc1csc(SCc2ccc(C(=O)NCCCCN3CCOCC3)cc2)n1. The Balaban J connectivity index is 1.33. The quantitative estimate of drug-likeness (QED) is 0.510. The number of aromatic nitrogens is 1. The van der Waals surface area contributed by atoms with E-state index in [0.717, 1.165) is 73.6 Å². The van der Waals surface area contributed by atoms with E-state index in [-0.39, 0.29) is 5.91 Å². The summed E-state index contributed by atoms with van der Waals surface area (Å²) in [4.78, 5) is 19.1. The predicted octanol–water partition coefficient (Wildman–Crippen LogP) is 3.59. The molecule has 7 heteroatoms. The first-order chi connectivity index (χ1) is 13.2. The summed E-state index contributed by atoms with van der Waals surface area (Å²) in [5.41, 5.74) is 3.00. The molecule has 2 aromatic rings. The number of thiazole rings is 1. The van der Waals surface area contributed by atoms with E-state index in [2.05, 4.69) is 20.6 Å². The number of nitrogens with one attached hydrogen (secondary N) is 1. The van der Waals surface area contributed by atoms with Crippen molar-refractivity contribution in [2.24, 2.45) is 0 Å². The zero-order valence-corrected chi connectivity index (χ0v) is 17.4. The Morgan fingerprint density at radius 1 is 1.26 bits per heavy atom. The minimum atomic E-state index is 0.0103. The van der Waals surface area contributed by atoms with Crippen molar-refractivity contribution in [3.63, 3.8) is 0 Å². The molecule has 27 heavy (non-hydrogen) atoms. The van der Waals surface area contributed by atoms with Crippen molar-refractivity contribution in [3.05, 3.63) is 46.5 Å². The maximum atomic E-state index is 12.3. The van der Waals surface area contributed by atoms with Crippen molar-refractivity contribution in [2.45, 2.75) is 29.9 Å². The molecule has 1 amide bonds. The van der Waals surface area contributed by atoms with Crippen molar-refractivity contribution in [1.29, 1.82) is 0 Å². The third kappa shape index (κ3) is 6.92. The number of carbonyl (C=O) groups excluding carboxylic acids is 1. The fraction of sp³-hybridized carbons (Fsp3) is 0.500. The molecular weight excluding hydrogens is 378 g/mol. The number of morpholine rings is 1. The number of amides is 1. The number of ether oxygens (including phenoxy) is 1. The van der Waals surface area contributed by atoms with Gasteiger partial charge in [-0.1, -0.05) is 23.9 Å². The molecule has 0 unspecified atom stereocenters. The summed E-state index contributed by atoms with van der Waals surface area (Å²) in [7, 11) is 0. The summed E-state index contributed by atoms with van der Waals surface area (Å²) >= 11 is 3.41. The number of rotatable bonds is 9. The van der Waals surface area contributed by atoms with Gasteiger partial charge in [0, 0.05) is 42.0 Å². The molecule has 1 aliphatic heterocycles. The maximum absolute atomic E-state index is 12.3. The summed E-state index contributed by atoms with van der Waals surface area (Å²) < 4.78 is 6.44. The number of carbonyl (C=O) groups is 1. The van der Waals surface area contributed by atoms with Crippen LogP contribution in [-0.4, -0.2) is 55.2 Å². The van der Waals surface area contributed by atoms with Gasteiger partial charge >= 0.3 is 0 Å². The molecule has 3 rings (SSSR count). The molecule has 0 atom stereocenters. The van der Waals surface area contributed by atoms with E-state index < -0.39 is 0 Å². The van der Waals surface area contributed by atoms with Gasteiger partial charge in [0.25, 0.3) is 5.91 Å². The van der Waals surface area contributed by atoms with Crippen LogP contribution in [0.5, 0.6) is 0 Å². The Bertz CT molecular complexity index is 712. The van der Waals surface area contributed by atoms with E-state index >= 15 is 0 Å². The van der Waals surface area contributed by atoms with E-state index in [9.17, 15) is 4.79 Å². The molecule has 0 radical (unpaired) electrons. The summed E-state index contributed by atoms with van der Waals surface area (Å²) in [6.07, 6.45) is 2.11. The van der Waals surface area contributed by atoms with Crippen molar-refractivity contribution >= 4 is 29.0 Å². The zero-order valence-electron chi connectivity index (χ0n) is 15.8. The van der Waals surface area contributed by atoms with Crippen LogP contribution in [0.1, 0.15) is 34.5 Å². The van der Waals surface area contributed by atoms with E-state index in [1.807, 2.05) is 31.2 Å². The molecule has 1 aromatic carbocycles. The lowest BCUT2D eigenvalue weighted by molar-refractivity contribution is 0.0372. The van der Waals surface area contributed by atoms with Crippen LogP contribution in [0.3, 0.4) is 0 Å². The van der Waals surface area contributed by atoms with Crippen molar-refractivity contribution in [2.75, 3.05) is 39.4 Å².